The van der Waals surface area contributed by atoms with Crippen molar-refractivity contribution in [3.8, 4) is 6.07 Å². The van der Waals surface area contributed by atoms with Crippen molar-refractivity contribution in [1.82, 2.24) is 15.2 Å². The van der Waals surface area contributed by atoms with Crippen LogP contribution in [0, 0.1) is 11.3 Å². The van der Waals surface area contributed by atoms with Crippen LogP contribution in [-0.2, 0) is 4.79 Å². The normalized spacial score (nSPS) is 17.3. The summed E-state index contributed by atoms with van der Waals surface area (Å²) in [6, 6.07) is 13.6. The number of pyridine rings is 1. The van der Waals surface area contributed by atoms with Gasteiger partial charge < -0.3 is 10.2 Å². The van der Waals surface area contributed by atoms with Crippen LogP contribution in [0.15, 0.2) is 54.9 Å². The molecule has 1 fully saturated rings. The van der Waals surface area contributed by atoms with Gasteiger partial charge in [-0.1, -0.05) is 42.0 Å². The number of nitrogens with zero attached hydrogens (tertiary/aromatic N) is 3. The number of nitrogens with one attached hydrogen (secondary N) is 1. The highest BCUT2D eigenvalue weighted by Gasteiger charge is 2.42. The zero-order valence-corrected chi connectivity index (χ0v) is 19.3. The monoisotopic (exact) mass is 494 g/mol. The molecular formula is C26H21ClF2N4O2. The number of alkyl halides is 2. The number of carbonyl (C=O) groups excluding carboxylic acids is 2. The smallest absolute Gasteiger partial charge is 0.252 e. The number of benzene rings is 2. The third-order valence-electron chi connectivity index (χ3n) is 5.83. The van der Waals surface area contributed by atoms with Crippen LogP contribution in [0.25, 0.3) is 22.9 Å². The van der Waals surface area contributed by atoms with Crippen LogP contribution in [0.1, 0.15) is 34.3 Å². The van der Waals surface area contributed by atoms with E-state index in [-0.39, 0.29) is 6.54 Å². The van der Waals surface area contributed by atoms with Crippen molar-refractivity contribution in [3.05, 3.63) is 76.6 Å². The lowest BCUT2D eigenvalue weighted by Crippen LogP contribution is -2.51. The van der Waals surface area contributed by atoms with Crippen molar-refractivity contribution in [2.75, 3.05) is 13.1 Å². The lowest BCUT2D eigenvalue weighted by Gasteiger charge is -2.35. The van der Waals surface area contributed by atoms with Crippen LogP contribution in [0.3, 0.4) is 0 Å². The molecule has 2 heterocycles. The molecule has 1 aliphatic rings. The predicted molar refractivity (Wildman–Crippen MR) is 130 cm³/mol. The zero-order valence-electron chi connectivity index (χ0n) is 18.5. The van der Waals surface area contributed by atoms with Crippen molar-refractivity contribution in [2.24, 2.45) is 0 Å². The molecule has 1 atom stereocenters. The summed E-state index contributed by atoms with van der Waals surface area (Å²) >= 11 is 6.04. The van der Waals surface area contributed by atoms with E-state index < -0.39 is 43.2 Å². The third-order valence-corrected chi connectivity index (χ3v) is 6.07. The van der Waals surface area contributed by atoms with Gasteiger partial charge in [-0.25, -0.2) is 8.78 Å². The van der Waals surface area contributed by atoms with Crippen LogP contribution >= 0.6 is 11.6 Å². The van der Waals surface area contributed by atoms with Crippen LogP contribution in [0.4, 0.5) is 8.78 Å². The number of amides is 2. The van der Waals surface area contributed by atoms with E-state index in [0.29, 0.717) is 16.1 Å². The Hall–Kier alpha value is -3.83. The van der Waals surface area contributed by atoms with Crippen molar-refractivity contribution < 1.29 is 18.4 Å². The summed E-state index contributed by atoms with van der Waals surface area (Å²) in [6.45, 7) is -0.636. The molecule has 1 N–H and O–H groups in total. The maximum Gasteiger partial charge on any atom is 0.252 e. The molecule has 9 heteroatoms. The first-order valence-corrected chi connectivity index (χ1v) is 11.3. The molecule has 0 spiro atoms. The molecule has 35 heavy (non-hydrogen) atoms. The van der Waals surface area contributed by atoms with Gasteiger partial charge in [0.25, 0.3) is 11.8 Å². The van der Waals surface area contributed by atoms with Gasteiger partial charge in [0.1, 0.15) is 6.04 Å². The number of aromatic nitrogens is 1. The van der Waals surface area contributed by atoms with Gasteiger partial charge in [-0.2, -0.15) is 5.26 Å². The number of rotatable bonds is 5. The Balaban J connectivity index is 1.44. The largest absolute Gasteiger partial charge is 0.343 e. The van der Waals surface area contributed by atoms with E-state index >= 15 is 0 Å². The van der Waals surface area contributed by atoms with Crippen molar-refractivity contribution >= 4 is 46.3 Å². The maximum absolute atomic E-state index is 13.6. The highest BCUT2D eigenvalue weighted by atomic mass is 35.5. The summed E-state index contributed by atoms with van der Waals surface area (Å²) in [7, 11) is 0. The SMILES string of the molecule is N#C[C@@H]1CC(F)(F)CCN1C(=O)CNC(=O)c1ccncc1/C=C/c1ccc2cc(Cl)ccc2c1. The van der Waals surface area contributed by atoms with E-state index in [1.165, 1.54) is 18.5 Å². The van der Waals surface area contributed by atoms with Gasteiger partial charge in [-0.05, 0) is 40.6 Å². The molecule has 0 bridgehead atoms. The minimum absolute atomic E-state index is 0.235. The molecule has 0 unspecified atom stereocenters. The average molecular weight is 495 g/mol. The summed E-state index contributed by atoms with van der Waals surface area (Å²) in [5, 5.41) is 14.4. The van der Waals surface area contributed by atoms with Crippen LogP contribution < -0.4 is 5.32 Å². The highest BCUT2D eigenvalue weighted by molar-refractivity contribution is 6.31. The Morgan fingerprint density at radius 1 is 1.20 bits per heavy atom. The number of halogens is 3. The number of hydrogen-bond donors (Lipinski definition) is 1. The van der Waals surface area contributed by atoms with Gasteiger partial charge >= 0.3 is 0 Å². The summed E-state index contributed by atoms with van der Waals surface area (Å²) in [5.74, 6) is -4.07. The van der Waals surface area contributed by atoms with Crippen LogP contribution in [-0.4, -0.2) is 46.8 Å². The van der Waals surface area contributed by atoms with Gasteiger partial charge in [0, 0.05) is 47.9 Å². The first kappa shape index (κ1) is 24.3. The summed E-state index contributed by atoms with van der Waals surface area (Å²) in [5.41, 5.74) is 1.76. The van der Waals surface area contributed by atoms with Crippen molar-refractivity contribution in [2.45, 2.75) is 24.8 Å². The van der Waals surface area contributed by atoms with Gasteiger partial charge in [0.05, 0.1) is 12.6 Å². The van der Waals surface area contributed by atoms with E-state index in [2.05, 4.69) is 10.3 Å². The molecular weight excluding hydrogens is 474 g/mol. The molecule has 178 valence electrons. The van der Waals surface area contributed by atoms with E-state index in [4.69, 9.17) is 11.6 Å². The van der Waals surface area contributed by atoms with Gasteiger partial charge in [0.15, 0.2) is 0 Å². The van der Waals surface area contributed by atoms with E-state index in [9.17, 15) is 23.6 Å². The van der Waals surface area contributed by atoms with Crippen LogP contribution in [0.2, 0.25) is 5.02 Å². The standard InChI is InChI=1S/C26H21ClF2N4O2/c27-21-6-5-18-11-17(1-3-19(18)12-21)2-4-20-15-31-9-7-23(20)25(35)32-16-24(34)33-10-8-26(28,29)13-22(33)14-30/h1-7,9,11-12,15,22H,8,10,13,16H2,(H,32,35)/b4-2+/t22-/m0/s1. The number of likely N-dealkylation sites (tertiary alicyclic amines) is 1. The Morgan fingerprint density at radius 3 is 2.77 bits per heavy atom. The molecule has 6 nitrogen and oxygen atoms in total. The third kappa shape index (κ3) is 5.81. The fourth-order valence-electron chi connectivity index (χ4n) is 3.97. The zero-order chi connectivity index (χ0) is 25.0. The highest BCUT2D eigenvalue weighted by Crippen LogP contribution is 2.31. The maximum atomic E-state index is 13.6. The van der Waals surface area contributed by atoms with Crippen molar-refractivity contribution in [3.63, 3.8) is 0 Å². The lowest BCUT2D eigenvalue weighted by molar-refractivity contribution is -0.139. The summed E-state index contributed by atoms with van der Waals surface area (Å²) < 4.78 is 27.1. The molecule has 0 aliphatic carbocycles. The molecule has 1 saturated heterocycles. The summed E-state index contributed by atoms with van der Waals surface area (Å²) in [6.07, 6.45) is 5.38. The molecule has 4 rings (SSSR count). The summed E-state index contributed by atoms with van der Waals surface area (Å²) in [4.78, 5) is 30.5. The second kappa shape index (κ2) is 10.2. The second-order valence-corrected chi connectivity index (χ2v) is 8.71. The molecule has 1 aromatic heterocycles. The first-order chi connectivity index (χ1) is 16.8. The second-order valence-electron chi connectivity index (χ2n) is 8.27. The molecule has 2 aromatic carbocycles. The number of fused-ring (bicyclic) bond motifs is 1. The Bertz CT molecular complexity index is 1350. The molecule has 1 aliphatic heterocycles. The fraction of sp³-hybridized carbons (Fsp3) is 0.231. The Morgan fingerprint density at radius 2 is 1.97 bits per heavy atom. The topological polar surface area (TPSA) is 86.1 Å². The van der Waals surface area contributed by atoms with Gasteiger partial charge in [0.2, 0.25) is 5.91 Å². The Labute approximate surface area is 205 Å². The molecule has 2 amide bonds. The van der Waals surface area contributed by atoms with Crippen LogP contribution in [0.5, 0.6) is 0 Å². The molecule has 0 radical (unpaired) electrons. The lowest BCUT2D eigenvalue weighted by atomic mass is 9.99. The van der Waals surface area contributed by atoms with Crippen molar-refractivity contribution in [1.29, 1.82) is 5.26 Å². The van der Waals surface area contributed by atoms with Gasteiger partial charge in [-0.15, -0.1) is 0 Å². The minimum Gasteiger partial charge on any atom is -0.343 e. The quantitative estimate of drug-likeness (QED) is 0.544. The van der Waals surface area contributed by atoms with E-state index in [1.807, 2.05) is 42.5 Å². The number of carbonyl (C=O) groups is 2. The van der Waals surface area contributed by atoms with E-state index in [0.717, 1.165) is 21.2 Å². The number of piperidine rings is 1. The van der Waals surface area contributed by atoms with Gasteiger partial charge in [-0.3, -0.25) is 14.6 Å². The Kier molecular flexibility index (Phi) is 7.08. The van der Waals surface area contributed by atoms with E-state index in [1.54, 1.807) is 12.1 Å². The minimum atomic E-state index is -2.98. The number of nitriles is 1. The molecule has 0 saturated carbocycles. The molecule has 3 aromatic rings. The first-order valence-electron chi connectivity index (χ1n) is 10.9. The number of hydrogen-bond acceptors (Lipinski definition) is 4. The fourth-order valence-corrected chi connectivity index (χ4v) is 4.15. The predicted octanol–water partition coefficient (Wildman–Crippen LogP) is 4.94. The average Bonchev–Trinajstić information content (AvgIpc) is 2.85.